The maximum Gasteiger partial charge on any atom is 0.168 e. The molecule has 0 amide bonds. The van der Waals surface area contributed by atoms with Crippen LogP contribution in [0.2, 0.25) is 0 Å². The van der Waals surface area contributed by atoms with Gasteiger partial charge in [-0.2, -0.15) is 5.10 Å². The van der Waals surface area contributed by atoms with Crippen LogP contribution in [-0.4, -0.2) is 23.3 Å². The Balaban J connectivity index is 1.77. The minimum absolute atomic E-state index is 0.469. The van der Waals surface area contributed by atoms with Crippen LogP contribution in [-0.2, 0) is 0 Å². The van der Waals surface area contributed by atoms with Crippen LogP contribution < -0.4 is 10.1 Å². The van der Waals surface area contributed by atoms with Gasteiger partial charge in [0.05, 0.1) is 11.9 Å². The zero-order valence-corrected chi connectivity index (χ0v) is 11.1. The highest BCUT2D eigenvalue weighted by molar-refractivity contribution is 5.35. The molecule has 19 heavy (non-hydrogen) atoms. The fraction of sp³-hybridized carbons (Fsp3) is 0.400. The van der Waals surface area contributed by atoms with E-state index in [0.717, 1.165) is 30.3 Å². The minimum atomic E-state index is 0.469. The van der Waals surface area contributed by atoms with Crippen LogP contribution in [0.4, 0.5) is 0 Å². The van der Waals surface area contributed by atoms with E-state index in [-0.39, 0.29) is 0 Å². The maximum absolute atomic E-state index is 5.94. The van der Waals surface area contributed by atoms with E-state index in [2.05, 4.69) is 34.6 Å². The first-order chi connectivity index (χ1) is 9.33. The summed E-state index contributed by atoms with van der Waals surface area (Å²) in [5, 5.41) is 10.6. The van der Waals surface area contributed by atoms with Gasteiger partial charge in [-0.05, 0) is 38.4 Å². The fourth-order valence-electron chi connectivity index (χ4n) is 2.49. The molecule has 1 fully saturated rings. The van der Waals surface area contributed by atoms with Crippen LogP contribution in [0.3, 0.4) is 0 Å². The molecule has 0 saturated carbocycles. The Morgan fingerprint density at radius 2 is 2.11 bits per heavy atom. The smallest absolute Gasteiger partial charge is 0.168 e. The standard InChI is InChI=1S/C15H19N3O/c1-11-4-6-13(7-5-11)19-14-10-17-18-15(14)12-3-2-8-16-9-12/h4-7,10,12,16H,2-3,8-9H2,1H3,(H,17,18). The second-order valence-corrected chi connectivity index (χ2v) is 5.11. The summed E-state index contributed by atoms with van der Waals surface area (Å²) in [6, 6.07) is 8.09. The molecule has 3 rings (SSSR count). The summed E-state index contributed by atoms with van der Waals surface area (Å²) in [5.74, 6) is 2.17. The second-order valence-electron chi connectivity index (χ2n) is 5.11. The molecule has 2 aromatic rings. The van der Waals surface area contributed by atoms with Gasteiger partial charge in [0.15, 0.2) is 5.75 Å². The summed E-state index contributed by atoms with van der Waals surface area (Å²) in [5.41, 5.74) is 2.34. The van der Waals surface area contributed by atoms with Crippen molar-refractivity contribution < 1.29 is 4.74 Å². The molecule has 2 heterocycles. The molecule has 100 valence electrons. The van der Waals surface area contributed by atoms with E-state index in [9.17, 15) is 0 Å². The first-order valence-electron chi connectivity index (χ1n) is 6.81. The minimum Gasteiger partial charge on any atom is -0.454 e. The molecule has 1 aromatic carbocycles. The van der Waals surface area contributed by atoms with Gasteiger partial charge in [0.2, 0.25) is 0 Å². The summed E-state index contributed by atoms with van der Waals surface area (Å²) in [6.45, 7) is 4.17. The topological polar surface area (TPSA) is 49.9 Å². The third-order valence-corrected chi connectivity index (χ3v) is 3.59. The lowest BCUT2D eigenvalue weighted by atomic mass is 9.96. The van der Waals surface area contributed by atoms with Gasteiger partial charge >= 0.3 is 0 Å². The van der Waals surface area contributed by atoms with Gasteiger partial charge < -0.3 is 10.1 Å². The van der Waals surface area contributed by atoms with Crippen molar-refractivity contribution in [2.24, 2.45) is 0 Å². The van der Waals surface area contributed by atoms with Crippen LogP contribution in [0.25, 0.3) is 0 Å². The van der Waals surface area contributed by atoms with E-state index in [1.54, 1.807) is 6.20 Å². The van der Waals surface area contributed by atoms with Crippen molar-refractivity contribution in [1.29, 1.82) is 0 Å². The van der Waals surface area contributed by atoms with Gasteiger partial charge in [-0.1, -0.05) is 17.7 Å². The number of rotatable bonds is 3. The zero-order chi connectivity index (χ0) is 13.1. The molecule has 0 spiro atoms. The Labute approximate surface area is 113 Å². The average Bonchev–Trinajstić information content (AvgIpc) is 2.90. The third kappa shape index (κ3) is 2.79. The Hall–Kier alpha value is -1.81. The first-order valence-corrected chi connectivity index (χ1v) is 6.81. The lowest BCUT2D eigenvalue weighted by molar-refractivity contribution is 0.426. The molecular weight excluding hydrogens is 238 g/mol. The number of benzene rings is 1. The number of nitrogens with one attached hydrogen (secondary N) is 2. The lowest BCUT2D eigenvalue weighted by Crippen LogP contribution is -2.28. The quantitative estimate of drug-likeness (QED) is 0.888. The fourth-order valence-corrected chi connectivity index (χ4v) is 2.49. The molecule has 0 bridgehead atoms. The van der Waals surface area contributed by atoms with Crippen molar-refractivity contribution in [2.75, 3.05) is 13.1 Å². The number of nitrogens with zero attached hydrogens (tertiary/aromatic N) is 1. The highest BCUT2D eigenvalue weighted by atomic mass is 16.5. The monoisotopic (exact) mass is 257 g/mol. The van der Waals surface area contributed by atoms with Crippen molar-refractivity contribution >= 4 is 0 Å². The number of hydrogen-bond donors (Lipinski definition) is 2. The van der Waals surface area contributed by atoms with Gasteiger partial charge in [0.1, 0.15) is 5.75 Å². The van der Waals surface area contributed by atoms with E-state index in [1.807, 2.05) is 12.1 Å². The summed E-state index contributed by atoms with van der Waals surface area (Å²) >= 11 is 0. The van der Waals surface area contributed by atoms with E-state index in [0.29, 0.717) is 5.92 Å². The van der Waals surface area contributed by atoms with Crippen LogP contribution in [0.5, 0.6) is 11.5 Å². The maximum atomic E-state index is 5.94. The summed E-state index contributed by atoms with van der Waals surface area (Å²) < 4.78 is 5.94. The summed E-state index contributed by atoms with van der Waals surface area (Å²) in [7, 11) is 0. The van der Waals surface area contributed by atoms with Crippen molar-refractivity contribution in [3.8, 4) is 11.5 Å². The Bertz CT molecular complexity index is 527. The van der Waals surface area contributed by atoms with E-state index in [1.165, 1.54) is 18.4 Å². The van der Waals surface area contributed by atoms with Crippen molar-refractivity contribution in [3.05, 3.63) is 41.7 Å². The Morgan fingerprint density at radius 1 is 1.26 bits per heavy atom. The number of ether oxygens (including phenoxy) is 1. The van der Waals surface area contributed by atoms with E-state index < -0.39 is 0 Å². The highest BCUT2D eigenvalue weighted by Crippen LogP contribution is 2.32. The van der Waals surface area contributed by atoms with Gasteiger partial charge in [-0.15, -0.1) is 0 Å². The van der Waals surface area contributed by atoms with Crippen molar-refractivity contribution in [1.82, 2.24) is 15.5 Å². The molecular formula is C15H19N3O. The molecule has 1 unspecified atom stereocenters. The van der Waals surface area contributed by atoms with Crippen LogP contribution >= 0.6 is 0 Å². The number of aromatic nitrogens is 2. The third-order valence-electron chi connectivity index (χ3n) is 3.59. The van der Waals surface area contributed by atoms with E-state index in [4.69, 9.17) is 4.74 Å². The predicted octanol–water partition coefficient (Wildman–Crippen LogP) is 2.98. The summed E-state index contributed by atoms with van der Waals surface area (Å²) in [4.78, 5) is 0. The first kappa shape index (κ1) is 12.2. The molecule has 1 aliphatic heterocycles. The second kappa shape index (κ2) is 5.45. The largest absolute Gasteiger partial charge is 0.454 e. The Morgan fingerprint density at radius 3 is 2.84 bits per heavy atom. The zero-order valence-electron chi connectivity index (χ0n) is 11.1. The SMILES string of the molecule is Cc1ccc(Oc2cn[nH]c2C2CCCNC2)cc1. The predicted molar refractivity (Wildman–Crippen MR) is 74.7 cm³/mol. The number of aryl methyl sites for hydroxylation is 1. The molecule has 1 saturated heterocycles. The molecule has 1 aliphatic rings. The van der Waals surface area contributed by atoms with Crippen molar-refractivity contribution in [3.63, 3.8) is 0 Å². The number of hydrogen-bond acceptors (Lipinski definition) is 3. The van der Waals surface area contributed by atoms with E-state index >= 15 is 0 Å². The summed E-state index contributed by atoms with van der Waals surface area (Å²) in [6.07, 6.45) is 4.15. The van der Waals surface area contributed by atoms with Gasteiger partial charge in [-0.3, -0.25) is 5.10 Å². The molecule has 1 aromatic heterocycles. The molecule has 0 aliphatic carbocycles. The molecule has 0 radical (unpaired) electrons. The van der Waals surface area contributed by atoms with Gasteiger partial charge in [-0.25, -0.2) is 0 Å². The molecule has 2 N–H and O–H groups in total. The molecule has 4 nitrogen and oxygen atoms in total. The number of H-pyrrole nitrogens is 1. The average molecular weight is 257 g/mol. The van der Waals surface area contributed by atoms with Crippen LogP contribution in [0, 0.1) is 6.92 Å². The van der Waals surface area contributed by atoms with Crippen LogP contribution in [0.1, 0.15) is 30.0 Å². The van der Waals surface area contributed by atoms with Crippen LogP contribution in [0.15, 0.2) is 30.5 Å². The Kier molecular flexibility index (Phi) is 3.51. The number of piperidine rings is 1. The van der Waals surface area contributed by atoms with Gasteiger partial charge in [0, 0.05) is 12.5 Å². The molecule has 1 atom stereocenters. The normalized spacial score (nSPS) is 19.3. The number of aromatic amines is 1. The highest BCUT2D eigenvalue weighted by Gasteiger charge is 2.21. The lowest BCUT2D eigenvalue weighted by Gasteiger charge is -2.22. The van der Waals surface area contributed by atoms with Crippen molar-refractivity contribution in [2.45, 2.75) is 25.7 Å². The molecule has 4 heteroatoms. The van der Waals surface area contributed by atoms with Gasteiger partial charge in [0.25, 0.3) is 0 Å².